The average Bonchev–Trinajstić information content (AvgIpc) is 3.27. The predicted octanol–water partition coefficient (Wildman–Crippen LogP) is 9.17. The molecule has 9 atom stereocenters. The van der Waals surface area contributed by atoms with Gasteiger partial charge in [-0.3, -0.25) is 4.79 Å². The van der Waals surface area contributed by atoms with Crippen molar-refractivity contribution in [3.63, 3.8) is 0 Å². The van der Waals surface area contributed by atoms with Crippen molar-refractivity contribution >= 4 is 5.91 Å². The molecule has 62 heavy (non-hydrogen) atoms. The van der Waals surface area contributed by atoms with Crippen LogP contribution in [0.2, 0.25) is 0 Å². The van der Waals surface area contributed by atoms with Crippen LogP contribution in [0.3, 0.4) is 0 Å². The van der Waals surface area contributed by atoms with Crippen molar-refractivity contribution in [2.24, 2.45) is 0 Å². The fourth-order valence-electron chi connectivity index (χ4n) is 8.05. The first kappa shape index (κ1) is 58.3. The highest BCUT2D eigenvalue weighted by molar-refractivity contribution is 5.80. The monoisotopic (exact) mass is 882 g/mol. The minimum atomic E-state index is -1.67. The van der Waals surface area contributed by atoms with Crippen molar-refractivity contribution in [1.82, 2.24) is 5.32 Å². The summed E-state index contributed by atoms with van der Waals surface area (Å²) in [6.45, 7) is 3.18. The Morgan fingerprint density at radius 3 is 1.53 bits per heavy atom. The Labute approximate surface area is 377 Å². The zero-order valence-electron chi connectivity index (χ0n) is 39.4. The van der Waals surface area contributed by atoms with Crippen LogP contribution in [-0.2, 0) is 14.3 Å². The van der Waals surface area contributed by atoms with Crippen molar-refractivity contribution in [3.05, 3.63) is 36.5 Å². The average molecular weight is 882 g/mol. The number of nitrogens with one attached hydrogen (secondary N) is 1. The van der Waals surface area contributed by atoms with Crippen molar-refractivity contribution in [3.8, 4) is 0 Å². The van der Waals surface area contributed by atoms with Crippen LogP contribution in [0.15, 0.2) is 36.5 Å². The molecule has 0 spiro atoms. The Morgan fingerprint density at radius 2 is 1.03 bits per heavy atom. The van der Waals surface area contributed by atoms with E-state index < -0.39 is 74.2 Å². The third-order valence-corrected chi connectivity index (χ3v) is 12.2. The van der Waals surface area contributed by atoms with E-state index in [1.54, 1.807) is 0 Å². The SMILES string of the molecule is C/C=C/CC/C=C/CCCC(O)C(O)C(COC1OC(CO)C(O)C(O)C1O)NC(=O)C(O)CCCCCCCCCCCCC/C=C\CCCCCCCCCCCCCC. The number of carbonyl (C=O) groups excluding carboxylic acids is 1. The maximum atomic E-state index is 13.1. The largest absolute Gasteiger partial charge is 0.394 e. The summed E-state index contributed by atoms with van der Waals surface area (Å²) in [5, 5.41) is 75.4. The molecule has 0 bridgehead atoms. The Morgan fingerprint density at radius 1 is 0.581 bits per heavy atom. The molecule has 0 aliphatic carbocycles. The molecule has 9 unspecified atom stereocenters. The summed E-state index contributed by atoms with van der Waals surface area (Å²) in [7, 11) is 0. The third-order valence-electron chi connectivity index (χ3n) is 12.2. The molecule has 1 fully saturated rings. The molecule has 1 saturated heterocycles. The molecular weight excluding hydrogens is 787 g/mol. The summed E-state index contributed by atoms with van der Waals surface area (Å²) in [5.74, 6) is -0.714. The summed E-state index contributed by atoms with van der Waals surface area (Å²) in [6.07, 6.45) is 36.9. The van der Waals surface area contributed by atoms with Crippen molar-refractivity contribution in [2.75, 3.05) is 13.2 Å². The summed E-state index contributed by atoms with van der Waals surface area (Å²) in [4.78, 5) is 13.1. The minimum absolute atomic E-state index is 0.243. The zero-order valence-corrected chi connectivity index (χ0v) is 39.4. The highest BCUT2D eigenvalue weighted by Crippen LogP contribution is 2.23. The second-order valence-electron chi connectivity index (χ2n) is 17.9. The fourth-order valence-corrected chi connectivity index (χ4v) is 8.05. The first-order chi connectivity index (χ1) is 30.2. The number of hydrogen-bond acceptors (Lipinski definition) is 10. The molecule has 0 radical (unpaired) electrons. The van der Waals surface area contributed by atoms with Crippen molar-refractivity contribution in [1.29, 1.82) is 0 Å². The Hall–Kier alpha value is -1.67. The van der Waals surface area contributed by atoms with Crippen LogP contribution in [0.5, 0.6) is 0 Å². The Bertz CT molecular complexity index is 1100. The van der Waals surface area contributed by atoms with E-state index in [2.05, 4.69) is 36.5 Å². The summed E-state index contributed by atoms with van der Waals surface area (Å²) < 4.78 is 11.0. The molecule has 1 heterocycles. The molecule has 1 aliphatic heterocycles. The molecule has 0 aromatic heterocycles. The smallest absolute Gasteiger partial charge is 0.249 e. The summed E-state index contributed by atoms with van der Waals surface area (Å²) in [5.41, 5.74) is 0. The quantitative estimate of drug-likeness (QED) is 0.0217. The van der Waals surface area contributed by atoms with Gasteiger partial charge in [0.15, 0.2) is 6.29 Å². The van der Waals surface area contributed by atoms with E-state index in [0.717, 1.165) is 32.1 Å². The normalized spacial score (nSPS) is 21.6. The lowest BCUT2D eigenvalue weighted by Crippen LogP contribution is -2.60. The van der Waals surface area contributed by atoms with E-state index in [1.165, 1.54) is 135 Å². The van der Waals surface area contributed by atoms with Gasteiger partial charge in [0.25, 0.3) is 0 Å². The number of allylic oxidation sites excluding steroid dienone is 6. The molecule has 1 aliphatic rings. The molecular formula is C51H95NO10. The zero-order chi connectivity index (χ0) is 45.5. The Kier molecular flexibility index (Phi) is 38.4. The second-order valence-corrected chi connectivity index (χ2v) is 17.9. The molecule has 1 amide bonds. The van der Waals surface area contributed by atoms with Gasteiger partial charge in [0.2, 0.25) is 5.91 Å². The van der Waals surface area contributed by atoms with E-state index in [4.69, 9.17) is 9.47 Å². The topological polar surface area (TPSA) is 189 Å². The highest BCUT2D eigenvalue weighted by Gasteiger charge is 2.44. The van der Waals surface area contributed by atoms with Gasteiger partial charge >= 0.3 is 0 Å². The van der Waals surface area contributed by atoms with E-state index >= 15 is 0 Å². The van der Waals surface area contributed by atoms with Gasteiger partial charge in [-0.05, 0) is 71.1 Å². The lowest BCUT2D eigenvalue weighted by Gasteiger charge is -2.40. The first-order valence-electron chi connectivity index (χ1n) is 25.4. The molecule has 0 aromatic rings. The number of aliphatic hydroxyl groups excluding tert-OH is 7. The number of carbonyl (C=O) groups is 1. The minimum Gasteiger partial charge on any atom is -0.394 e. The third kappa shape index (κ3) is 29.7. The van der Waals surface area contributed by atoms with Gasteiger partial charge in [0.05, 0.1) is 25.4 Å². The van der Waals surface area contributed by atoms with Gasteiger partial charge in [-0.15, -0.1) is 0 Å². The maximum Gasteiger partial charge on any atom is 0.249 e. The van der Waals surface area contributed by atoms with Crippen LogP contribution in [0.4, 0.5) is 0 Å². The van der Waals surface area contributed by atoms with E-state index in [-0.39, 0.29) is 12.8 Å². The van der Waals surface area contributed by atoms with Gasteiger partial charge < -0.3 is 50.5 Å². The number of unbranched alkanes of at least 4 members (excludes halogenated alkanes) is 25. The lowest BCUT2D eigenvalue weighted by atomic mass is 9.98. The van der Waals surface area contributed by atoms with Gasteiger partial charge in [-0.25, -0.2) is 0 Å². The summed E-state index contributed by atoms with van der Waals surface area (Å²) in [6, 6.07) is -1.19. The van der Waals surface area contributed by atoms with Crippen LogP contribution in [-0.4, -0.2) is 110 Å². The fraction of sp³-hybridized carbons (Fsp3) is 0.863. The van der Waals surface area contributed by atoms with Crippen LogP contribution < -0.4 is 5.32 Å². The Balaban J connectivity index is 2.24. The van der Waals surface area contributed by atoms with E-state index in [1.807, 2.05) is 19.1 Å². The van der Waals surface area contributed by atoms with E-state index in [9.17, 15) is 40.5 Å². The van der Waals surface area contributed by atoms with Gasteiger partial charge in [-0.1, -0.05) is 178 Å². The van der Waals surface area contributed by atoms with Crippen LogP contribution in [0, 0.1) is 0 Å². The molecule has 1 rings (SSSR count). The summed E-state index contributed by atoms with van der Waals surface area (Å²) >= 11 is 0. The van der Waals surface area contributed by atoms with Gasteiger partial charge in [0, 0.05) is 0 Å². The lowest BCUT2D eigenvalue weighted by molar-refractivity contribution is -0.303. The number of rotatable bonds is 42. The van der Waals surface area contributed by atoms with Crippen LogP contribution in [0.1, 0.15) is 213 Å². The molecule has 11 heteroatoms. The standard InChI is InChI=1S/C51H95NO10/c1-3-5-7-9-11-13-14-15-16-17-18-19-20-21-22-23-24-25-26-27-28-29-30-31-33-35-37-39-44(55)50(60)52-42(41-61-51-49(59)48(58)47(57)45(40-53)62-51)46(56)43(54)38-36-34-32-12-10-8-6-4-2/h4,6,12,21-22,32,42-49,51,53-59H,3,5,7-11,13-20,23-31,33-41H2,1-2H3,(H,52,60)/b6-4+,22-21-,32-12+. The molecule has 0 saturated carbocycles. The van der Waals surface area contributed by atoms with Crippen molar-refractivity contribution < 1.29 is 50.0 Å². The maximum absolute atomic E-state index is 13.1. The number of aliphatic hydroxyl groups is 7. The van der Waals surface area contributed by atoms with Gasteiger partial charge in [-0.2, -0.15) is 0 Å². The van der Waals surface area contributed by atoms with Crippen LogP contribution >= 0.6 is 0 Å². The number of ether oxygens (including phenoxy) is 2. The van der Waals surface area contributed by atoms with Crippen LogP contribution in [0.25, 0.3) is 0 Å². The second kappa shape index (κ2) is 40.8. The molecule has 8 N–H and O–H groups in total. The van der Waals surface area contributed by atoms with Crippen molar-refractivity contribution in [2.45, 2.75) is 268 Å². The molecule has 364 valence electrons. The van der Waals surface area contributed by atoms with Gasteiger partial charge in [0.1, 0.15) is 36.6 Å². The number of amides is 1. The molecule has 11 nitrogen and oxygen atoms in total. The first-order valence-corrected chi connectivity index (χ1v) is 25.4. The van der Waals surface area contributed by atoms with E-state index in [0.29, 0.717) is 19.3 Å². The highest BCUT2D eigenvalue weighted by atomic mass is 16.7. The predicted molar refractivity (Wildman–Crippen MR) is 252 cm³/mol. The molecule has 0 aromatic carbocycles. The number of hydrogen-bond donors (Lipinski definition) is 8.